The molecule has 8 heteroatoms. The molecule has 0 aliphatic heterocycles. The first kappa shape index (κ1) is 12.3. The molecule has 0 bridgehead atoms. The summed E-state index contributed by atoms with van der Waals surface area (Å²) >= 11 is 2.75. The van der Waals surface area contributed by atoms with Gasteiger partial charge < -0.3 is 0 Å². The van der Waals surface area contributed by atoms with E-state index in [-0.39, 0.29) is 0 Å². The van der Waals surface area contributed by atoms with Crippen molar-refractivity contribution in [1.29, 1.82) is 0 Å². The van der Waals surface area contributed by atoms with Crippen molar-refractivity contribution in [2.24, 2.45) is 0 Å². The maximum absolute atomic E-state index is 12.0. The van der Waals surface area contributed by atoms with Crippen molar-refractivity contribution in [3.63, 3.8) is 0 Å². The maximum Gasteiger partial charge on any atom is 0.355 e. The van der Waals surface area contributed by atoms with Gasteiger partial charge in [0.25, 0.3) is 0 Å². The third-order valence-electron chi connectivity index (χ3n) is 0.690. The van der Waals surface area contributed by atoms with Gasteiger partial charge in [0.1, 0.15) is 0 Å². The minimum absolute atomic E-state index is 1.38. The molecule has 0 aromatic heterocycles. The Morgan fingerprint density at radius 1 is 0.750 bits per heavy atom. The molecule has 0 aromatic rings. The molecule has 0 atom stereocenters. The molecule has 0 radical (unpaired) electrons. The summed E-state index contributed by atoms with van der Waals surface area (Å²) in [6, 6.07) is 0. The highest BCUT2D eigenvalue weighted by Gasteiger charge is 2.43. The quantitative estimate of drug-likeness (QED) is 0.530. The van der Waals surface area contributed by atoms with Crippen molar-refractivity contribution in [3.05, 3.63) is 11.7 Å². The number of rotatable bonds is 2. The van der Waals surface area contributed by atoms with Crippen LogP contribution in [0, 0.1) is 0 Å². The van der Waals surface area contributed by atoms with Gasteiger partial charge in [-0.3, -0.25) is 0 Å². The first-order valence-corrected chi connectivity index (χ1v) is 3.85. The highest BCUT2D eigenvalue weighted by Crippen LogP contribution is 2.41. The van der Waals surface area contributed by atoms with Crippen molar-refractivity contribution in [2.75, 3.05) is 0 Å². The summed E-state index contributed by atoms with van der Waals surface area (Å²) in [6.07, 6.45) is 0. The van der Waals surface area contributed by atoms with Crippen LogP contribution in [0.5, 0.6) is 0 Å². The predicted octanol–water partition coefficient (Wildman–Crippen LogP) is 4.11. The molecule has 0 saturated carbocycles. The third kappa shape index (κ3) is 3.34. The van der Waals surface area contributed by atoms with Crippen LogP contribution in [0.2, 0.25) is 0 Å². The first-order valence-electron chi connectivity index (χ1n) is 2.26. The molecule has 0 aromatic carbocycles. The summed E-state index contributed by atoms with van der Waals surface area (Å²) in [6.45, 7) is 0. The SMILES string of the molecule is F/C(=C(\F)C(F)(F)Br)C(F)(F)Br. The normalized spacial score (nSPS) is 16.0. The second-order valence-electron chi connectivity index (χ2n) is 1.62. The molecule has 0 unspecified atom stereocenters. The standard InChI is InChI=1S/C4Br2F6/c5-3(9,10)1(7)2(8)4(6,11)12/b2-1-. The van der Waals surface area contributed by atoms with Gasteiger partial charge in [-0.15, -0.1) is 0 Å². The minimum atomic E-state index is -4.42. The third-order valence-corrected chi connectivity index (χ3v) is 1.39. The van der Waals surface area contributed by atoms with Crippen LogP contribution in [0.4, 0.5) is 26.3 Å². The molecule has 0 saturated heterocycles. The van der Waals surface area contributed by atoms with Crippen LogP contribution < -0.4 is 0 Å². The molecule has 72 valence electrons. The summed E-state index contributed by atoms with van der Waals surface area (Å²) in [5.74, 6) is -5.71. The average Bonchev–Trinajstić information content (AvgIpc) is 1.80. The summed E-state index contributed by atoms with van der Waals surface area (Å²) in [4.78, 5) is -8.84. The van der Waals surface area contributed by atoms with E-state index in [1.54, 1.807) is 0 Å². The minimum Gasteiger partial charge on any atom is -0.201 e. The summed E-state index contributed by atoms with van der Waals surface area (Å²) in [5.41, 5.74) is 0. The van der Waals surface area contributed by atoms with Gasteiger partial charge in [-0.05, 0) is 31.9 Å². The first-order chi connectivity index (χ1) is 5.07. The van der Waals surface area contributed by atoms with Crippen LogP contribution in [0.1, 0.15) is 0 Å². The van der Waals surface area contributed by atoms with E-state index in [0.29, 0.717) is 0 Å². The second kappa shape index (κ2) is 3.57. The van der Waals surface area contributed by atoms with Gasteiger partial charge in [-0.1, -0.05) is 0 Å². The fourth-order valence-corrected chi connectivity index (χ4v) is 0.597. The molecule has 0 heterocycles. The molecule has 0 nitrogen and oxygen atoms in total. The number of hydrogen-bond donors (Lipinski definition) is 0. The summed E-state index contributed by atoms with van der Waals surface area (Å²) in [5, 5.41) is 0. The zero-order valence-corrected chi connectivity index (χ0v) is 8.20. The van der Waals surface area contributed by atoms with Gasteiger partial charge in [-0.2, -0.15) is 17.6 Å². The molecular formula is C4Br2F6. The van der Waals surface area contributed by atoms with E-state index in [9.17, 15) is 26.3 Å². The van der Waals surface area contributed by atoms with E-state index in [4.69, 9.17) is 0 Å². The zero-order chi connectivity index (χ0) is 10.2. The number of halogens is 8. The monoisotopic (exact) mass is 320 g/mol. The van der Waals surface area contributed by atoms with E-state index in [1.165, 1.54) is 31.9 Å². The molecular weight excluding hydrogens is 322 g/mol. The molecule has 0 aliphatic rings. The lowest BCUT2D eigenvalue weighted by atomic mass is 10.4. The van der Waals surface area contributed by atoms with E-state index < -0.39 is 21.3 Å². The van der Waals surface area contributed by atoms with Gasteiger partial charge in [0, 0.05) is 0 Å². The lowest BCUT2D eigenvalue weighted by molar-refractivity contribution is 0.0869. The van der Waals surface area contributed by atoms with Crippen LogP contribution in [0.15, 0.2) is 11.7 Å². The van der Waals surface area contributed by atoms with Crippen molar-refractivity contribution < 1.29 is 26.3 Å². The lowest BCUT2D eigenvalue weighted by Gasteiger charge is -2.09. The number of hydrogen-bond acceptors (Lipinski definition) is 0. The van der Waals surface area contributed by atoms with Crippen molar-refractivity contribution >= 4 is 31.9 Å². The lowest BCUT2D eigenvalue weighted by Crippen LogP contribution is -2.15. The Morgan fingerprint density at radius 2 is 0.917 bits per heavy atom. The Morgan fingerprint density at radius 3 is 1.00 bits per heavy atom. The predicted molar refractivity (Wildman–Crippen MR) is 37.0 cm³/mol. The highest BCUT2D eigenvalue weighted by molar-refractivity contribution is 9.10. The zero-order valence-electron chi connectivity index (χ0n) is 5.02. The molecule has 0 amide bonds. The van der Waals surface area contributed by atoms with Crippen molar-refractivity contribution in [1.82, 2.24) is 0 Å². The van der Waals surface area contributed by atoms with Crippen LogP contribution in [-0.2, 0) is 0 Å². The molecule has 0 fully saturated rings. The molecule has 0 spiro atoms. The Kier molecular flexibility index (Phi) is 3.65. The molecule has 0 N–H and O–H groups in total. The highest BCUT2D eigenvalue weighted by atomic mass is 79.9. The van der Waals surface area contributed by atoms with E-state index in [2.05, 4.69) is 0 Å². The van der Waals surface area contributed by atoms with Crippen molar-refractivity contribution in [3.8, 4) is 0 Å². The molecule has 0 rings (SSSR count). The Labute approximate surface area is 79.9 Å². The molecule has 12 heavy (non-hydrogen) atoms. The number of alkyl halides is 6. The Hall–Kier alpha value is 0.280. The summed E-state index contributed by atoms with van der Waals surface area (Å²) in [7, 11) is 0. The largest absolute Gasteiger partial charge is 0.355 e. The van der Waals surface area contributed by atoms with Crippen LogP contribution in [0.3, 0.4) is 0 Å². The Balaban J connectivity index is 4.96. The summed E-state index contributed by atoms with van der Waals surface area (Å²) < 4.78 is 71.1. The van der Waals surface area contributed by atoms with Crippen LogP contribution in [0.25, 0.3) is 0 Å². The fraction of sp³-hybridized carbons (Fsp3) is 0.500. The van der Waals surface area contributed by atoms with Gasteiger partial charge in [0.05, 0.1) is 0 Å². The average molecular weight is 322 g/mol. The van der Waals surface area contributed by atoms with Gasteiger partial charge in [0.2, 0.25) is 11.7 Å². The Bertz CT molecular complexity index is 177. The van der Waals surface area contributed by atoms with E-state index >= 15 is 0 Å². The molecule has 0 aliphatic carbocycles. The van der Waals surface area contributed by atoms with E-state index in [0.717, 1.165) is 0 Å². The van der Waals surface area contributed by atoms with Crippen LogP contribution >= 0.6 is 31.9 Å². The smallest absolute Gasteiger partial charge is 0.201 e. The maximum atomic E-state index is 12.0. The van der Waals surface area contributed by atoms with E-state index in [1.807, 2.05) is 0 Å². The fourth-order valence-electron chi connectivity index (χ4n) is 0.249. The second-order valence-corrected chi connectivity index (χ2v) is 3.62. The van der Waals surface area contributed by atoms with Gasteiger partial charge in [-0.25, -0.2) is 8.78 Å². The van der Waals surface area contributed by atoms with Crippen molar-refractivity contribution in [2.45, 2.75) is 9.66 Å². The number of allylic oxidation sites excluding steroid dienone is 2. The van der Waals surface area contributed by atoms with Gasteiger partial charge in [0.15, 0.2) is 0 Å². The van der Waals surface area contributed by atoms with Gasteiger partial charge >= 0.3 is 9.66 Å². The van der Waals surface area contributed by atoms with Crippen LogP contribution in [-0.4, -0.2) is 9.66 Å². The topological polar surface area (TPSA) is 0 Å².